The van der Waals surface area contributed by atoms with Crippen LogP contribution in [0.3, 0.4) is 0 Å². The van der Waals surface area contributed by atoms with E-state index in [1.54, 1.807) is 0 Å². The van der Waals surface area contributed by atoms with Gasteiger partial charge in [-0.1, -0.05) is 6.42 Å². The van der Waals surface area contributed by atoms with Gasteiger partial charge in [-0.2, -0.15) is 0 Å². The highest BCUT2D eigenvalue weighted by atomic mass is 32.1. The summed E-state index contributed by atoms with van der Waals surface area (Å²) in [5, 5.41) is 11.0. The fraction of sp³-hybridized carbons (Fsp3) is 0.692. The van der Waals surface area contributed by atoms with Gasteiger partial charge < -0.3 is 5.11 Å². The monoisotopic (exact) mass is 281 g/mol. The fourth-order valence-electron chi connectivity index (χ4n) is 3.07. The second-order valence-electron chi connectivity index (χ2n) is 5.37. The summed E-state index contributed by atoms with van der Waals surface area (Å²) in [6.45, 7) is 5.34. The van der Waals surface area contributed by atoms with E-state index < -0.39 is 5.97 Å². The second-order valence-corrected chi connectivity index (χ2v) is 6.23. The van der Waals surface area contributed by atoms with Crippen molar-refractivity contribution in [2.75, 3.05) is 26.2 Å². The van der Waals surface area contributed by atoms with Gasteiger partial charge in [-0.3, -0.25) is 9.80 Å². The molecule has 0 aliphatic carbocycles. The molecule has 1 unspecified atom stereocenters. The Balaban J connectivity index is 1.59. The Hall–Kier alpha value is -0.980. The first-order valence-corrected chi connectivity index (χ1v) is 7.74. The van der Waals surface area contributed by atoms with Crippen LogP contribution in [0.15, 0.2) is 5.38 Å². The third-order valence-electron chi connectivity index (χ3n) is 4.04. The van der Waals surface area contributed by atoms with E-state index in [2.05, 4.69) is 14.8 Å². The highest BCUT2D eigenvalue weighted by Gasteiger charge is 2.29. The van der Waals surface area contributed by atoms with Crippen LogP contribution in [-0.2, 0) is 6.54 Å². The number of fused-ring (bicyclic) bond motifs is 1. The summed E-state index contributed by atoms with van der Waals surface area (Å²) in [5.74, 6) is -0.923. The molecule has 3 rings (SSSR count). The minimum Gasteiger partial charge on any atom is -0.476 e. The van der Waals surface area contributed by atoms with Crippen molar-refractivity contribution in [3.63, 3.8) is 0 Å². The van der Waals surface area contributed by atoms with E-state index in [-0.39, 0.29) is 5.01 Å². The minimum atomic E-state index is -0.923. The van der Waals surface area contributed by atoms with Crippen LogP contribution >= 0.6 is 11.3 Å². The molecule has 2 aliphatic rings. The molecule has 5 nitrogen and oxygen atoms in total. The maximum atomic E-state index is 10.8. The smallest absolute Gasteiger partial charge is 0.365 e. The predicted molar refractivity (Wildman–Crippen MR) is 73.6 cm³/mol. The summed E-state index contributed by atoms with van der Waals surface area (Å²) in [5.41, 5.74) is 0.895. The molecule has 2 aliphatic heterocycles. The first-order valence-electron chi connectivity index (χ1n) is 6.86. The van der Waals surface area contributed by atoms with Gasteiger partial charge in [0.1, 0.15) is 0 Å². The van der Waals surface area contributed by atoms with Crippen molar-refractivity contribution in [1.29, 1.82) is 0 Å². The molecule has 1 atom stereocenters. The summed E-state index contributed by atoms with van der Waals surface area (Å²) < 4.78 is 0. The minimum absolute atomic E-state index is 0.200. The first kappa shape index (κ1) is 13.0. The van der Waals surface area contributed by atoms with Gasteiger partial charge in [-0.25, -0.2) is 9.78 Å². The highest BCUT2D eigenvalue weighted by Crippen LogP contribution is 2.22. The zero-order chi connectivity index (χ0) is 13.2. The quantitative estimate of drug-likeness (QED) is 0.910. The first-order chi connectivity index (χ1) is 9.22. The van der Waals surface area contributed by atoms with Crippen LogP contribution in [0.5, 0.6) is 0 Å². The Kier molecular flexibility index (Phi) is 3.81. The maximum absolute atomic E-state index is 10.8. The van der Waals surface area contributed by atoms with Crippen LogP contribution < -0.4 is 0 Å². The van der Waals surface area contributed by atoms with E-state index >= 15 is 0 Å². The Morgan fingerprint density at radius 1 is 1.42 bits per heavy atom. The van der Waals surface area contributed by atoms with Crippen molar-refractivity contribution >= 4 is 17.3 Å². The summed E-state index contributed by atoms with van der Waals surface area (Å²) in [7, 11) is 0. The van der Waals surface area contributed by atoms with Gasteiger partial charge in [0, 0.05) is 37.6 Å². The number of thiazole rings is 1. The average molecular weight is 281 g/mol. The van der Waals surface area contributed by atoms with Gasteiger partial charge in [0.05, 0.1) is 5.69 Å². The van der Waals surface area contributed by atoms with E-state index in [1.165, 1.54) is 37.1 Å². The van der Waals surface area contributed by atoms with Crippen molar-refractivity contribution < 1.29 is 9.90 Å². The molecule has 0 saturated carbocycles. The van der Waals surface area contributed by atoms with Crippen LogP contribution in [0.1, 0.15) is 34.8 Å². The predicted octanol–water partition coefficient (Wildman–Crippen LogP) is 1.51. The summed E-state index contributed by atoms with van der Waals surface area (Å²) in [6, 6.07) is 0.695. The maximum Gasteiger partial charge on any atom is 0.365 e. The Morgan fingerprint density at radius 3 is 3.11 bits per heavy atom. The molecule has 0 spiro atoms. The molecular formula is C13H19N3O2S. The molecule has 1 aromatic rings. The lowest BCUT2D eigenvalue weighted by molar-refractivity contribution is 0.0451. The molecule has 6 heteroatoms. The third kappa shape index (κ3) is 2.96. The van der Waals surface area contributed by atoms with E-state index in [0.717, 1.165) is 31.9 Å². The normalized spacial score (nSPS) is 25.2. The number of aromatic nitrogens is 1. The van der Waals surface area contributed by atoms with E-state index in [1.807, 2.05) is 5.38 Å². The number of carbonyl (C=O) groups is 1. The lowest BCUT2D eigenvalue weighted by Gasteiger charge is -2.43. The number of nitrogens with zero attached hydrogens (tertiary/aromatic N) is 3. The zero-order valence-electron chi connectivity index (χ0n) is 10.9. The number of piperidine rings is 1. The van der Waals surface area contributed by atoms with Gasteiger partial charge in [0.15, 0.2) is 0 Å². The SMILES string of the molecule is O=C(O)c1nc(CN2CCN3CCCCC3C2)cs1. The molecule has 104 valence electrons. The summed E-state index contributed by atoms with van der Waals surface area (Å²) in [4.78, 5) is 20.0. The number of carboxylic acids is 1. The van der Waals surface area contributed by atoms with Gasteiger partial charge >= 0.3 is 5.97 Å². The molecule has 3 heterocycles. The molecular weight excluding hydrogens is 262 g/mol. The second kappa shape index (κ2) is 5.56. The molecule has 0 radical (unpaired) electrons. The van der Waals surface area contributed by atoms with Gasteiger partial charge in [-0.15, -0.1) is 11.3 Å². The lowest BCUT2D eigenvalue weighted by Crippen LogP contribution is -2.54. The third-order valence-corrected chi connectivity index (χ3v) is 4.92. The molecule has 1 N–H and O–H groups in total. The molecule has 0 bridgehead atoms. The van der Waals surface area contributed by atoms with Crippen LogP contribution in [0.25, 0.3) is 0 Å². The number of piperazine rings is 1. The number of aromatic carboxylic acids is 1. The van der Waals surface area contributed by atoms with Crippen molar-refractivity contribution in [3.8, 4) is 0 Å². The van der Waals surface area contributed by atoms with Crippen molar-refractivity contribution in [2.24, 2.45) is 0 Å². The van der Waals surface area contributed by atoms with E-state index in [4.69, 9.17) is 5.11 Å². The average Bonchev–Trinajstić information content (AvgIpc) is 2.87. The summed E-state index contributed by atoms with van der Waals surface area (Å²) in [6.07, 6.45) is 3.98. The highest BCUT2D eigenvalue weighted by molar-refractivity contribution is 7.11. The Labute approximate surface area is 116 Å². The Bertz CT molecular complexity index is 462. The van der Waals surface area contributed by atoms with Gasteiger partial charge in [0.2, 0.25) is 5.01 Å². The number of hydrogen-bond donors (Lipinski definition) is 1. The van der Waals surface area contributed by atoms with Crippen molar-refractivity contribution in [1.82, 2.24) is 14.8 Å². The molecule has 1 aromatic heterocycles. The number of rotatable bonds is 3. The van der Waals surface area contributed by atoms with Crippen molar-refractivity contribution in [3.05, 3.63) is 16.1 Å². The van der Waals surface area contributed by atoms with Crippen LogP contribution in [0.4, 0.5) is 0 Å². The molecule has 2 fully saturated rings. The topological polar surface area (TPSA) is 56.7 Å². The van der Waals surface area contributed by atoms with Crippen LogP contribution in [-0.4, -0.2) is 58.1 Å². The van der Waals surface area contributed by atoms with E-state index in [0.29, 0.717) is 6.04 Å². The number of carboxylic acid groups (broad SMARTS) is 1. The molecule has 0 aromatic carbocycles. The zero-order valence-corrected chi connectivity index (χ0v) is 11.7. The lowest BCUT2D eigenvalue weighted by atomic mass is 9.99. The van der Waals surface area contributed by atoms with Gasteiger partial charge in [-0.05, 0) is 19.4 Å². The number of hydrogen-bond acceptors (Lipinski definition) is 5. The van der Waals surface area contributed by atoms with Gasteiger partial charge in [0.25, 0.3) is 0 Å². The molecule has 2 saturated heterocycles. The van der Waals surface area contributed by atoms with Crippen molar-refractivity contribution in [2.45, 2.75) is 31.8 Å². The van der Waals surface area contributed by atoms with E-state index in [9.17, 15) is 4.79 Å². The Morgan fingerprint density at radius 2 is 2.32 bits per heavy atom. The van der Waals surface area contributed by atoms with Crippen LogP contribution in [0.2, 0.25) is 0 Å². The largest absolute Gasteiger partial charge is 0.476 e. The standard InChI is InChI=1S/C13H19N3O2S/c17-13(18)12-14-10(9-19-12)7-15-5-6-16-4-2-1-3-11(16)8-15/h9,11H,1-8H2,(H,17,18). The summed E-state index contributed by atoms with van der Waals surface area (Å²) >= 11 is 1.22. The fourth-order valence-corrected chi connectivity index (χ4v) is 3.72. The molecule has 19 heavy (non-hydrogen) atoms. The van der Waals surface area contributed by atoms with Crippen LogP contribution in [0, 0.1) is 0 Å². The molecule has 0 amide bonds.